The topological polar surface area (TPSA) is 75.7 Å². The molecule has 0 aromatic heterocycles. The number of fused-ring (bicyclic) bond motifs is 1. The molecule has 0 aliphatic carbocycles. The van der Waals surface area contributed by atoms with Gasteiger partial charge in [0.25, 0.3) is 0 Å². The molecule has 0 bridgehead atoms. The Morgan fingerprint density at radius 2 is 1.85 bits per heavy atom. The number of aryl methyl sites for hydroxylation is 2. The van der Waals surface area contributed by atoms with Crippen molar-refractivity contribution >= 4 is 21.6 Å². The number of anilines is 1. The van der Waals surface area contributed by atoms with E-state index in [1.165, 1.54) is 0 Å². The summed E-state index contributed by atoms with van der Waals surface area (Å²) in [4.78, 5) is 13.6. The number of ether oxygens (including phenoxy) is 1. The number of nitrogens with zero attached hydrogens (tertiary/aromatic N) is 1. The van der Waals surface area contributed by atoms with E-state index in [-0.39, 0.29) is 10.8 Å². The van der Waals surface area contributed by atoms with Gasteiger partial charge in [-0.05, 0) is 60.7 Å². The lowest BCUT2D eigenvalue weighted by molar-refractivity contribution is -0.118. The van der Waals surface area contributed by atoms with E-state index < -0.39 is 10.0 Å². The highest BCUT2D eigenvalue weighted by molar-refractivity contribution is 7.89. The van der Waals surface area contributed by atoms with Crippen molar-refractivity contribution in [3.63, 3.8) is 0 Å². The number of carbonyl (C=O) groups excluding carboxylic acids is 1. The Morgan fingerprint density at radius 3 is 2.56 bits per heavy atom. The van der Waals surface area contributed by atoms with Crippen LogP contribution in [0.5, 0.6) is 5.75 Å². The molecule has 27 heavy (non-hydrogen) atoms. The van der Waals surface area contributed by atoms with Gasteiger partial charge in [-0.15, -0.1) is 0 Å². The van der Waals surface area contributed by atoms with Gasteiger partial charge >= 0.3 is 0 Å². The van der Waals surface area contributed by atoms with Crippen LogP contribution in [0.15, 0.2) is 47.4 Å². The Morgan fingerprint density at radius 1 is 1.11 bits per heavy atom. The first-order valence-corrected chi connectivity index (χ1v) is 10.4. The molecule has 0 radical (unpaired) electrons. The fourth-order valence-corrected chi connectivity index (χ4v) is 4.30. The summed E-state index contributed by atoms with van der Waals surface area (Å²) in [7, 11) is -0.224. The lowest BCUT2D eigenvalue weighted by Gasteiger charge is -2.26. The molecule has 1 aliphatic heterocycles. The molecule has 144 valence electrons. The molecular formula is C20H24N2O4S. The summed E-state index contributed by atoms with van der Waals surface area (Å²) < 4.78 is 32.9. The quantitative estimate of drug-likeness (QED) is 0.740. The van der Waals surface area contributed by atoms with Gasteiger partial charge in [0.1, 0.15) is 5.75 Å². The number of rotatable bonds is 7. The SMILES string of the molecule is COc1ccc(CCCNS(=O)(=O)c2ccc3c(c2)CCC(=O)N3C)cc1. The zero-order chi connectivity index (χ0) is 19.4. The minimum atomic E-state index is -3.56. The van der Waals surface area contributed by atoms with E-state index in [1.807, 2.05) is 24.3 Å². The largest absolute Gasteiger partial charge is 0.497 e. The number of nitrogens with one attached hydrogen (secondary N) is 1. The van der Waals surface area contributed by atoms with Crippen molar-refractivity contribution in [2.45, 2.75) is 30.6 Å². The van der Waals surface area contributed by atoms with E-state index in [4.69, 9.17) is 4.74 Å². The third-order valence-corrected chi connectivity index (χ3v) is 6.26. The Hall–Kier alpha value is -2.38. The number of carbonyl (C=O) groups is 1. The number of methoxy groups -OCH3 is 1. The van der Waals surface area contributed by atoms with Crippen molar-refractivity contribution in [1.29, 1.82) is 0 Å². The van der Waals surface area contributed by atoms with Crippen LogP contribution >= 0.6 is 0 Å². The van der Waals surface area contributed by atoms with Gasteiger partial charge in [-0.2, -0.15) is 0 Å². The normalized spacial score (nSPS) is 14.1. The Labute approximate surface area is 160 Å². The molecule has 1 heterocycles. The van der Waals surface area contributed by atoms with Crippen LogP contribution in [-0.4, -0.2) is 35.0 Å². The van der Waals surface area contributed by atoms with Gasteiger partial charge in [0.2, 0.25) is 15.9 Å². The number of hydrogen-bond donors (Lipinski definition) is 1. The zero-order valence-electron chi connectivity index (χ0n) is 15.6. The lowest BCUT2D eigenvalue weighted by atomic mass is 10.0. The van der Waals surface area contributed by atoms with Gasteiger partial charge in [-0.3, -0.25) is 4.79 Å². The van der Waals surface area contributed by atoms with Crippen molar-refractivity contribution in [3.05, 3.63) is 53.6 Å². The standard InChI is InChI=1S/C20H24N2O4S/c1-22-19-11-10-18(14-16(19)7-12-20(22)23)27(24,25)21-13-3-4-15-5-8-17(26-2)9-6-15/h5-6,8-11,14,21H,3-4,7,12-13H2,1-2H3. The van der Waals surface area contributed by atoms with Crippen LogP contribution in [0.3, 0.4) is 0 Å². The van der Waals surface area contributed by atoms with E-state index in [9.17, 15) is 13.2 Å². The molecule has 0 fully saturated rings. The molecule has 0 saturated carbocycles. The number of sulfonamides is 1. The first kappa shape index (κ1) is 19.4. The second-order valence-electron chi connectivity index (χ2n) is 6.59. The highest BCUT2D eigenvalue weighted by Gasteiger charge is 2.23. The van der Waals surface area contributed by atoms with Crippen molar-refractivity contribution in [2.75, 3.05) is 25.6 Å². The monoisotopic (exact) mass is 388 g/mol. The van der Waals surface area contributed by atoms with Gasteiger partial charge in [0.05, 0.1) is 12.0 Å². The van der Waals surface area contributed by atoms with Gasteiger partial charge < -0.3 is 9.64 Å². The van der Waals surface area contributed by atoms with E-state index in [0.29, 0.717) is 25.8 Å². The maximum atomic E-state index is 12.6. The molecule has 1 N–H and O–H groups in total. The second kappa shape index (κ2) is 8.10. The maximum Gasteiger partial charge on any atom is 0.240 e. The van der Waals surface area contributed by atoms with Gasteiger partial charge in [-0.25, -0.2) is 13.1 Å². The number of benzene rings is 2. The third kappa shape index (κ3) is 4.48. The minimum Gasteiger partial charge on any atom is -0.497 e. The van der Waals surface area contributed by atoms with Gasteiger partial charge in [0, 0.05) is 25.7 Å². The summed E-state index contributed by atoms with van der Waals surface area (Å²) >= 11 is 0. The maximum absolute atomic E-state index is 12.6. The van der Waals surface area contributed by atoms with Crippen LogP contribution in [-0.2, 0) is 27.7 Å². The first-order valence-electron chi connectivity index (χ1n) is 8.93. The Bertz CT molecular complexity index is 923. The minimum absolute atomic E-state index is 0.0507. The van der Waals surface area contributed by atoms with Crippen LogP contribution in [0.25, 0.3) is 0 Å². The molecule has 1 amide bonds. The fourth-order valence-electron chi connectivity index (χ4n) is 3.17. The fraction of sp³-hybridized carbons (Fsp3) is 0.350. The van der Waals surface area contributed by atoms with E-state index in [2.05, 4.69) is 4.72 Å². The molecule has 0 atom stereocenters. The molecule has 6 nitrogen and oxygen atoms in total. The van der Waals surface area contributed by atoms with Crippen molar-refractivity contribution < 1.29 is 17.9 Å². The third-order valence-electron chi connectivity index (χ3n) is 4.80. The molecule has 2 aromatic carbocycles. The number of amides is 1. The van der Waals surface area contributed by atoms with Crippen molar-refractivity contribution in [2.24, 2.45) is 0 Å². The molecule has 3 rings (SSSR count). The van der Waals surface area contributed by atoms with Gasteiger partial charge in [0.15, 0.2) is 0 Å². The van der Waals surface area contributed by atoms with Crippen molar-refractivity contribution in [1.82, 2.24) is 4.72 Å². The summed E-state index contributed by atoms with van der Waals surface area (Å²) in [6, 6.07) is 12.7. The molecule has 2 aromatic rings. The van der Waals surface area contributed by atoms with Crippen LogP contribution in [0.2, 0.25) is 0 Å². The first-order chi connectivity index (χ1) is 12.9. The second-order valence-corrected chi connectivity index (χ2v) is 8.36. The van der Waals surface area contributed by atoms with Crippen LogP contribution in [0.1, 0.15) is 24.0 Å². The smallest absolute Gasteiger partial charge is 0.240 e. The zero-order valence-corrected chi connectivity index (χ0v) is 16.4. The van der Waals surface area contributed by atoms with Gasteiger partial charge in [-0.1, -0.05) is 12.1 Å². The predicted octanol–water partition coefficient (Wildman–Crippen LogP) is 2.52. The predicted molar refractivity (Wildman–Crippen MR) is 105 cm³/mol. The average Bonchev–Trinajstić information content (AvgIpc) is 2.68. The Kier molecular flexibility index (Phi) is 5.82. The lowest BCUT2D eigenvalue weighted by Crippen LogP contribution is -2.31. The van der Waals surface area contributed by atoms with Crippen LogP contribution in [0.4, 0.5) is 5.69 Å². The van der Waals surface area contributed by atoms with Crippen LogP contribution in [0, 0.1) is 0 Å². The highest BCUT2D eigenvalue weighted by atomic mass is 32.2. The number of hydrogen-bond acceptors (Lipinski definition) is 4. The van der Waals surface area contributed by atoms with E-state index in [0.717, 1.165) is 29.0 Å². The summed E-state index contributed by atoms with van der Waals surface area (Å²) in [5.41, 5.74) is 2.80. The molecule has 0 spiro atoms. The van der Waals surface area contributed by atoms with Crippen molar-refractivity contribution in [3.8, 4) is 5.75 Å². The summed E-state index contributed by atoms with van der Waals surface area (Å²) in [6.45, 7) is 0.365. The molecular weight excluding hydrogens is 364 g/mol. The summed E-state index contributed by atoms with van der Waals surface area (Å²) in [6.07, 6.45) is 2.46. The Balaban J connectivity index is 1.59. The molecule has 0 unspecified atom stereocenters. The summed E-state index contributed by atoms with van der Waals surface area (Å²) in [5.74, 6) is 0.856. The molecule has 7 heteroatoms. The van der Waals surface area contributed by atoms with E-state index in [1.54, 1.807) is 37.3 Å². The average molecular weight is 388 g/mol. The van der Waals surface area contributed by atoms with E-state index >= 15 is 0 Å². The highest BCUT2D eigenvalue weighted by Crippen LogP contribution is 2.28. The molecule has 0 saturated heterocycles. The molecule has 1 aliphatic rings. The summed E-state index contributed by atoms with van der Waals surface area (Å²) in [5, 5.41) is 0. The van der Waals surface area contributed by atoms with Crippen LogP contribution < -0.4 is 14.4 Å².